The van der Waals surface area contributed by atoms with E-state index in [9.17, 15) is 9.18 Å². The second-order valence-electron chi connectivity index (χ2n) is 6.60. The molecule has 0 aliphatic carbocycles. The Morgan fingerprint density at radius 1 is 1.00 bits per heavy atom. The summed E-state index contributed by atoms with van der Waals surface area (Å²) in [5.74, 6) is 0.516. The van der Waals surface area contributed by atoms with Gasteiger partial charge in [0, 0.05) is 18.8 Å². The summed E-state index contributed by atoms with van der Waals surface area (Å²) >= 11 is 18.1. The van der Waals surface area contributed by atoms with Gasteiger partial charge in [-0.15, -0.1) is 0 Å². The minimum absolute atomic E-state index is 0.0810. The first kappa shape index (κ1) is 22.1. The smallest absolute Gasteiger partial charge is 0.291 e. The molecule has 0 aliphatic heterocycles. The Kier molecular flexibility index (Phi) is 6.60. The van der Waals surface area contributed by atoms with Gasteiger partial charge in [0.1, 0.15) is 16.6 Å². The highest BCUT2D eigenvalue weighted by atomic mass is 35.5. The van der Waals surface area contributed by atoms with Crippen LogP contribution in [0.25, 0.3) is 5.69 Å². The van der Waals surface area contributed by atoms with E-state index in [1.807, 2.05) is 6.07 Å². The maximum atomic E-state index is 13.0. The van der Waals surface area contributed by atoms with E-state index in [0.29, 0.717) is 34.6 Å². The monoisotopic (exact) mass is 490 g/mol. The fourth-order valence-electron chi connectivity index (χ4n) is 2.81. The van der Waals surface area contributed by atoms with Gasteiger partial charge < -0.3 is 10.1 Å². The lowest BCUT2D eigenvalue weighted by Gasteiger charge is -2.12. The largest absolute Gasteiger partial charge is 0.439 e. The fraction of sp³-hybridized carbons (Fsp3) is 0.0455. The molecule has 0 atom stereocenters. The number of nitrogens with one attached hydrogen (secondary N) is 1. The van der Waals surface area contributed by atoms with E-state index in [1.54, 1.807) is 30.5 Å². The van der Waals surface area contributed by atoms with Gasteiger partial charge in [-0.2, -0.15) is 9.78 Å². The molecule has 0 bridgehead atoms. The van der Waals surface area contributed by atoms with Crippen molar-refractivity contribution in [3.05, 3.63) is 104 Å². The third-order valence-corrected chi connectivity index (χ3v) is 5.45. The van der Waals surface area contributed by atoms with Crippen LogP contribution in [0.2, 0.25) is 15.1 Å². The normalized spacial score (nSPS) is 10.8. The predicted octanol–water partition coefficient (Wildman–Crippen LogP) is 6.13. The molecule has 2 aromatic carbocycles. The Morgan fingerprint density at radius 3 is 2.53 bits per heavy atom. The lowest BCUT2D eigenvalue weighted by molar-refractivity contribution is 0.460. The molecule has 0 aliphatic rings. The van der Waals surface area contributed by atoms with Crippen LogP contribution in [0.4, 0.5) is 10.1 Å². The molecule has 0 fully saturated rings. The second-order valence-corrected chi connectivity index (χ2v) is 7.79. The Morgan fingerprint density at radius 2 is 1.78 bits per heavy atom. The summed E-state index contributed by atoms with van der Waals surface area (Å²) in [4.78, 5) is 16.4. The molecule has 0 radical (unpaired) electrons. The molecule has 0 saturated carbocycles. The van der Waals surface area contributed by atoms with Crippen LogP contribution in [0, 0.1) is 5.82 Å². The molecule has 2 heterocycles. The molecule has 0 amide bonds. The Balaban J connectivity index is 1.47. The molecule has 0 saturated heterocycles. The summed E-state index contributed by atoms with van der Waals surface area (Å²) in [5.41, 5.74) is 1.45. The first-order chi connectivity index (χ1) is 15.4. The van der Waals surface area contributed by atoms with Crippen molar-refractivity contribution in [1.29, 1.82) is 0 Å². The summed E-state index contributed by atoms with van der Waals surface area (Å²) in [5, 5.41) is 7.57. The maximum absolute atomic E-state index is 13.0. The molecular weight excluding hydrogens is 478 g/mol. The van der Waals surface area contributed by atoms with Gasteiger partial charge >= 0.3 is 0 Å². The molecule has 2 aromatic heterocycles. The molecule has 32 heavy (non-hydrogen) atoms. The Hall–Kier alpha value is -3.13. The number of benzene rings is 2. The van der Waals surface area contributed by atoms with Crippen molar-refractivity contribution in [3.63, 3.8) is 0 Å². The van der Waals surface area contributed by atoms with E-state index in [-0.39, 0.29) is 15.9 Å². The number of aromatic nitrogens is 3. The van der Waals surface area contributed by atoms with Gasteiger partial charge in [-0.3, -0.25) is 4.79 Å². The van der Waals surface area contributed by atoms with Crippen LogP contribution in [0.3, 0.4) is 0 Å². The van der Waals surface area contributed by atoms with E-state index in [1.165, 1.54) is 30.5 Å². The summed E-state index contributed by atoms with van der Waals surface area (Å²) < 4.78 is 19.8. The zero-order valence-corrected chi connectivity index (χ0v) is 18.5. The lowest BCUT2D eigenvalue weighted by Crippen LogP contribution is -2.21. The fourth-order valence-corrected chi connectivity index (χ4v) is 3.31. The number of hydrogen-bond acceptors (Lipinski definition) is 5. The number of ether oxygens (including phenoxy) is 1. The van der Waals surface area contributed by atoms with E-state index in [4.69, 9.17) is 39.5 Å². The molecule has 1 N–H and O–H groups in total. The molecule has 6 nitrogen and oxygen atoms in total. The summed E-state index contributed by atoms with van der Waals surface area (Å²) in [6, 6.07) is 14.3. The Bertz CT molecular complexity index is 1330. The SMILES string of the molecule is O=c1c(Cl)c(Cl)cnn1-c1ccc(NCc2ccnc(Oc3ccc(F)cc3)c2)c(Cl)c1. The molecule has 162 valence electrons. The van der Waals surface area contributed by atoms with E-state index < -0.39 is 5.56 Å². The summed E-state index contributed by atoms with van der Waals surface area (Å²) in [6.45, 7) is 0.437. The topological polar surface area (TPSA) is 69.0 Å². The predicted molar refractivity (Wildman–Crippen MR) is 123 cm³/mol. The van der Waals surface area contributed by atoms with Crippen molar-refractivity contribution in [2.45, 2.75) is 6.54 Å². The van der Waals surface area contributed by atoms with Crippen molar-refractivity contribution < 1.29 is 9.13 Å². The maximum Gasteiger partial charge on any atom is 0.291 e. The zero-order valence-electron chi connectivity index (χ0n) is 16.2. The van der Waals surface area contributed by atoms with Crippen LogP contribution in [-0.4, -0.2) is 14.8 Å². The van der Waals surface area contributed by atoms with Gasteiger partial charge in [-0.25, -0.2) is 9.37 Å². The van der Waals surface area contributed by atoms with Gasteiger partial charge in [0.25, 0.3) is 5.56 Å². The molecule has 10 heteroatoms. The minimum Gasteiger partial charge on any atom is -0.439 e. The van der Waals surface area contributed by atoms with Gasteiger partial charge in [-0.1, -0.05) is 34.8 Å². The van der Waals surface area contributed by atoms with Crippen LogP contribution >= 0.6 is 34.8 Å². The molecule has 4 rings (SSSR count). The van der Waals surface area contributed by atoms with Gasteiger partial charge in [0.2, 0.25) is 5.88 Å². The first-order valence-electron chi connectivity index (χ1n) is 9.26. The number of halogens is 4. The number of pyridine rings is 1. The number of rotatable bonds is 6. The highest BCUT2D eigenvalue weighted by Gasteiger charge is 2.11. The first-order valence-corrected chi connectivity index (χ1v) is 10.4. The number of nitrogens with zero attached hydrogens (tertiary/aromatic N) is 3. The lowest BCUT2D eigenvalue weighted by atomic mass is 10.2. The summed E-state index contributed by atoms with van der Waals surface area (Å²) in [6.07, 6.45) is 2.91. The van der Waals surface area contributed by atoms with Crippen molar-refractivity contribution in [1.82, 2.24) is 14.8 Å². The highest BCUT2D eigenvalue weighted by molar-refractivity contribution is 6.41. The second kappa shape index (κ2) is 9.56. The van der Waals surface area contributed by atoms with Crippen LogP contribution in [0.5, 0.6) is 11.6 Å². The van der Waals surface area contributed by atoms with Crippen LogP contribution in [0.1, 0.15) is 5.56 Å². The minimum atomic E-state index is -0.540. The average molecular weight is 492 g/mol. The quantitative estimate of drug-likeness (QED) is 0.351. The van der Waals surface area contributed by atoms with Crippen LogP contribution in [-0.2, 0) is 6.54 Å². The molecule has 4 aromatic rings. The standard InChI is InChI=1S/C22H14Cl3FN4O2/c23-17-10-15(30-22(31)21(25)18(24)12-29-30)3-6-19(17)28-11-13-7-8-27-20(9-13)32-16-4-1-14(26)2-5-16/h1-10,12,28H,11H2. The third-order valence-electron chi connectivity index (χ3n) is 4.39. The van der Waals surface area contributed by atoms with Gasteiger partial charge in [0.05, 0.1) is 27.6 Å². The Labute approximate surface area is 197 Å². The number of hydrogen-bond donors (Lipinski definition) is 1. The van der Waals surface area contributed by atoms with Crippen molar-refractivity contribution >= 4 is 40.5 Å². The van der Waals surface area contributed by atoms with Gasteiger partial charge in [-0.05, 0) is 54.1 Å². The van der Waals surface area contributed by atoms with Crippen LogP contribution < -0.4 is 15.6 Å². The third kappa shape index (κ3) is 5.02. The van der Waals surface area contributed by atoms with Gasteiger partial charge in [0.15, 0.2) is 0 Å². The van der Waals surface area contributed by atoms with E-state index in [2.05, 4.69) is 15.4 Å². The highest BCUT2D eigenvalue weighted by Crippen LogP contribution is 2.26. The zero-order chi connectivity index (χ0) is 22.7. The van der Waals surface area contributed by atoms with Crippen LogP contribution in [0.15, 0.2) is 71.8 Å². The van der Waals surface area contributed by atoms with Crippen molar-refractivity contribution in [2.24, 2.45) is 0 Å². The van der Waals surface area contributed by atoms with E-state index >= 15 is 0 Å². The molecule has 0 unspecified atom stereocenters. The molecule has 0 spiro atoms. The van der Waals surface area contributed by atoms with Crippen molar-refractivity contribution in [2.75, 3.05) is 5.32 Å². The van der Waals surface area contributed by atoms with E-state index in [0.717, 1.165) is 10.2 Å². The number of anilines is 1. The summed E-state index contributed by atoms with van der Waals surface area (Å²) in [7, 11) is 0. The average Bonchev–Trinajstić information content (AvgIpc) is 2.79. The van der Waals surface area contributed by atoms with Crippen molar-refractivity contribution in [3.8, 4) is 17.3 Å². The molecular formula is C22H14Cl3FN4O2.